The average molecular weight is 618 g/mol. The lowest BCUT2D eigenvalue weighted by atomic mass is 9.99. The SMILES string of the molecule is COc1cc(C=C2SC(=O)N(CCCCCc3nn[nH]n3)C2=O)cc(-c2ccc3[nH]ccc3c2)c1OCCN1CCOCC1. The largest absolute Gasteiger partial charge is 0.493 e. The Balaban J connectivity index is 1.21. The number of morpholine rings is 1. The summed E-state index contributed by atoms with van der Waals surface area (Å²) in [6, 6.07) is 12.1. The minimum atomic E-state index is -0.279. The fourth-order valence-corrected chi connectivity index (χ4v) is 6.27. The maximum absolute atomic E-state index is 13.3. The number of fused-ring (bicyclic) bond motifs is 1. The molecule has 4 aromatic rings. The van der Waals surface area contributed by atoms with Crippen LogP contribution in [0.4, 0.5) is 4.79 Å². The van der Waals surface area contributed by atoms with E-state index in [0.29, 0.717) is 48.2 Å². The van der Waals surface area contributed by atoms with E-state index >= 15 is 0 Å². The number of carbonyl (C=O) groups is 2. The minimum Gasteiger partial charge on any atom is -0.493 e. The average Bonchev–Trinajstić information content (AvgIpc) is 3.79. The molecule has 2 aliphatic rings. The maximum atomic E-state index is 13.3. The Hall–Kier alpha value is -4.20. The van der Waals surface area contributed by atoms with Crippen molar-refractivity contribution in [3.8, 4) is 22.6 Å². The van der Waals surface area contributed by atoms with Gasteiger partial charge in [0, 0.05) is 49.9 Å². The van der Waals surface area contributed by atoms with Gasteiger partial charge in [0.25, 0.3) is 11.1 Å². The molecule has 0 radical (unpaired) electrons. The first kappa shape index (κ1) is 29.9. The van der Waals surface area contributed by atoms with Crippen molar-refractivity contribution in [1.29, 1.82) is 0 Å². The number of benzene rings is 2. The molecule has 2 aromatic heterocycles. The zero-order valence-electron chi connectivity index (χ0n) is 24.6. The van der Waals surface area contributed by atoms with Crippen molar-refractivity contribution in [3.05, 3.63) is 58.9 Å². The molecule has 2 aliphatic heterocycles. The van der Waals surface area contributed by atoms with Crippen molar-refractivity contribution in [2.75, 3.05) is 53.1 Å². The van der Waals surface area contributed by atoms with Gasteiger partial charge in [-0.3, -0.25) is 19.4 Å². The summed E-state index contributed by atoms with van der Waals surface area (Å²) in [5, 5.41) is 14.7. The number of thioether (sulfide) groups is 1. The van der Waals surface area contributed by atoms with E-state index in [9.17, 15) is 9.59 Å². The second kappa shape index (κ2) is 14.1. The van der Waals surface area contributed by atoms with Crippen LogP contribution >= 0.6 is 11.8 Å². The molecule has 2 saturated heterocycles. The van der Waals surface area contributed by atoms with Crippen LogP contribution in [0.15, 0.2) is 47.5 Å². The second-order valence-electron chi connectivity index (χ2n) is 10.7. The van der Waals surface area contributed by atoms with E-state index < -0.39 is 0 Å². The van der Waals surface area contributed by atoms with E-state index in [1.807, 2.05) is 36.5 Å². The third kappa shape index (κ3) is 6.95. The molecule has 2 N–H and O–H groups in total. The van der Waals surface area contributed by atoms with E-state index in [1.54, 1.807) is 13.2 Å². The number of carbonyl (C=O) groups excluding carboxylic acids is 2. The molecule has 2 fully saturated rings. The molecule has 6 rings (SSSR count). The molecule has 4 heterocycles. The Labute approximate surface area is 259 Å². The van der Waals surface area contributed by atoms with Gasteiger partial charge in [-0.2, -0.15) is 5.21 Å². The van der Waals surface area contributed by atoms with Crippen molar-refractivity contribution in [2.45, 2.75) is 25.7 Å². The monoisotopic (exact) mass is 617 g/mol. The fraction of sp³-hybridized carbons (Fsp3) is 0.387. The molecule has 2 amide bonds. The Morgan fingerprint density at radius 1 is 1.07 bits per heavy atom. The van der Waals surface area contributed by atoms with Crippen LogP contribution in [0, 0.1) is 0 Å². The molecular formula is C31H35N7O5S. The number of aromatic amines is 2. The van der Waals surface area contributed by atoms with Gasteiger partial charge in [0.15, 0.2) is 17.3 Å². The Morgan fingerprint density at radius 3 is 2.77 bits per heavy atom. The van der Waals surface area contributed by atoms with Crippen LogP contribution in [0.3, 0.4) is 0 Å². The number of aromatic nitrogens is 5. The van der Waals surface area contributed by atoms with Gasteiger partial charge in [0.1, 0.15) is 6.61 Å². The minimum absolute atomic E-state index is 0.257. The van der Waals surface area contributed by atoms with Gasteiger partial charge >= 0.3 is 0 Å². The van der Waals surface area contributed by atoms with Gasteiger partial charge < -0.3 is 19.2 Å². The first-order chi connectivity index (χ1) is 21.6. The second-order valence-corrected chi connectivity index (χ2v) is 11.6. The van der Waals surface area contributed by atoms with Gasteiger partial charge in [-0.1, -0.05) is 17.7 Å². The highest BCUT2D eigenvalue weighted by atomic mass is 32.2. The number of methoxy groups -OCH3 is 1. The number of nitrogens with zero attached hydrogens (tertiary/aromatic N) is 5. The Kier molecular flexibility index (Phi) is 9.54. The molecule has 12 nitrogen and oxygen atoms in total. The summed E-state index contributed by atoms with van der Waals surface area (Å²) in [6.45, 7) is 4.85. The van der Waals surface area contributed by atoms with Crippen LogP contribution in [0.1, 0.15) is 30.7 Å². The first-order valence-corrected chi connectivity index (χ1v) is 15.6. The van der Waals surface area contributed by atoms with Crippen LogP contribution in [0.25, 0.3) is 28.1 Å². The van der Waals surface area contributed by atoms with Crippen LogP contribution in [-0.2, 0) is 16.0 Å². The third-order valence-electron chi connectivity index (χ3n) is 7.76. The topological polar surface area (TPSA) is 139 Å². The van der Waals surface area contributed by atoms with E-state index in [2.05, 4.69) is 36.6 Å². The lowest BCUT2D eigenvalue weighted by Crippen LogP contribution is -2.38. The number of imide groups is 1. The lowest BCUT2D eigenvalue weighted by Gasteiger charge is -2.26. The number of amides is 2. The molecule has 0 aliphatic carbocycles. The Morgan fingerprint density at radius 2 is 1.95 bits per heavy atom. The molecular weight excluding hydrogens is 582 g/mol. The van der Waals surface area contributed by atoms with E-state index in [4.69, 9.17) is 14.2 Å². The number of unbranched alkanes of at least 4 members (excludes halogenated alkanes) is 2. The van der Waals surface area contributed by atoms with Crippen LogP contribution < -0.4 is 9.47 Å². The lowest BCUT2D eigenvalue weighted by molar-refractivity contribution is -0.122. The highest BCUT2D eigenvalue weighted by Gasteiger charge is 2.34. The van der Waals surface area contributed by atoms with E-state index in [1.165, 1.54) is 4.90 Å². The van der Waals surface area contributed by atoms with Gasteiger partial charge in [-0.05, 0) is 77.5 Å². The molecule has 2 aromatic carbocycles. The fourth-order valence-electron chi connectivity index (χ4n) is 5.41. The van der Waals surface area contributed by atoms with E-state index in [0.717, 1.165) is 85.0 Å². The summed E-state index contributed by atoms with van der Waals surface area (Å²) in [4.78, 5) is 33.3. The highest BCUT2D eigenvalue weighted by Crippen LogP contribution is 2.42. The molecule has 0 saturated carbocycles. The number of hydrogen-bond acceptors (Lipinski definition) is 10. The van der Waals surface area contributed by atoms with Crippen LogP contribution in [-0.4, -0.2) is 99.7 Å². The summed E-state index contributed by atoms with van der Waals surface area (Å²) in [6.07, 6.45) is 6.78. The number of hydrogen-bond donors (Lipinski definition) is 2. The number of rotatable bonds is 13. The summed E-state index contributed by atoms with van der Waals surface area (Å²) >= 11 is 0.965. The van der Waals surface area contributed by atoms with Gasteiger partial charge in [0.2, 0.25) is 0 Å². The molecule has 0 spiro atoms. The summed E-state index contributed by atoms with van der Waals surface area (Å²) in [5.74, 6) is 1.58. The van der Waals surface area contributed by atoms with Crippen molar-refractivity contribution in [3.63, 3.8) is 0 Å². The summed E-state index contributed by atoms with van der Waals surface area (Å²) < 4.78 is 17.7. The number of H-pyrrole nitrogens is 2. The molecule has 0 bridgehead atoms. The zero-order chi connectivity index (χ0) is 30.3. The molecule has 13 heteroatoms. The number of nitrogens with one attached hydrogen (secondary N) is 2. The summed E-state index contributed by atoms with van der Waals surface area (Å²) in [5.41, 5.74) is 3.59. The molecule has 44 heavy (non-hydrogen) atoms. The maximum Gasteiger partial charge on any atom is 0.293 e. The predicted molar refractivity (Wildman–Crippen MR) is 167 cm³/mol. The van der Waals surface area contributed by atoms with Gasteiger partial charge in [-0.25, -0.2) is 0 Å². The highest BCUT2D eigenvalue weighted by molar-refractivity contribution is 8.18. The quantitative estimate of drug-likeness (QED) is 0.163. The van der Waals surface area contributed by atoms with Crippen molar-refractivity contribution < 1.29 is 23.8 Å². The van der Waals surface area contributed by atoms with Crippen LogP contribution in [0.5, 0.6) is 11.5 Å². The smallest absolute Gasteiger partial charge is 0.293 e. The number of ether oxygens (including phenoxy) is 3. The van der Waals surface area contributed by atoms with Gasteiger partial charge in [0.05, 0.1) is 25.2 Å². The van der Waals surface area contributed by atoms with Gasteiger partial charge in [-0.15, -0.1) is 10.2 Å². The molecule has 230 valence electrons. The Bertz CT molecular complexity index is 1630. The summed E-state index contributed by atoms with van der Waals surface area (Å²) in [7, 11) is 1.61. The molecule has 0 unspecified atom stereocenters. The zero-order valence-corrected chi connectivity index (χ0v) is 25.4. The number of tetrazole rings is 1. The molecule has 0 atom stereocenters. The van der Waals surface area contributed by atoms with Crippen molar-refractivity contribution in [1.82, 2.24) is 35.4 Å². The van der Waals surface area contributed by atoms with Crippen molar-refractivity contribution >= 4 is 39.9 Å². The first-order valence-electron chi connectivity index (χ1n) is 14.8. The van der Waals surface area contributed by atoms with Crippen LogP contribution in [0.2, 0.25) is 0 Å². The normalized spacial score (nSPS) is 16.8. The number of aryl methyl sites for hydroxylation is 1. The predicted octanol–water partition coefficient (Wildman–Crippen LogP) is 4.52. The standard InChI is InChI=1S/C31H35N7O5S/c1-41-26-18-21(19-27-30(39)38(31(40)44-27)10-4-2-3-5-28-33-35-36-34-28)17-24(22-6-7-25-23(20-22)8-9-32-25)29(26)43-16-13-37-11-14-42-15-12-37/h6-9,17-20,32H,2-5,10-16H2,1H3,(H,33,34,35,36). The third-order valence-corrected chi connectivity index (χ3v) is 8.67. The van der Waals surface area contributed by atoms with E-state index in [-0.39, 0.29) is 11.1 Å². The van der Waals surface area contributed by atoms with Crippen molar-refractivity contribution in [2.24, 2.45) is 0 Å².